The van der Waals surface area contributed by atoms with Gasteiger partial charge in [-0.15, -0.1) is 0 Å². The maximum atomic E-state index is 11.2. The Kier molecular flexibility index (Phi) is 4.58. The first-order chi connectivity index (χ1) is 18.0. The van der Waals surface area contributed by atoms with Crippen molar-refractivity contribution in [1.82, 2.24) is 0 Å². The Morgan fingerprint density at radius 1 is 0.568 bits per heavy atom. The van der Waals surface area contributed by atoms with Crippen molar-refractivity contribution in [2.75, 3.05) is 7.11 Å². The minimum atomic E-state index is -1.03. The van der Waals surface area contributed by atoms with Crippen molar-refractivity contribution >= 4 is 0 Å². The van der Waals surface area contributed by atoms with Crippen LogP contribution in [0.3, 0.4) is 0 Å². The van der Waals surface area contributed by atoms with Gasteiger partial charge < -0.3 is 9.84 Å². The van der Waals surface area contributed by atoms with Gasteiger partial charge in [0.2, 0.25) is 0 Å². The minimum absolute atomic E-state index is 0.378. The molecule has 0 amide bonds. The number of rotatable bonds is 3. The van der Waals surface area contributed by atoms with Crippen molar-refractivity contribution in [3.8, 4) is 39.1 Å². The molecule has 2 nitrogen and oxygen atoms in total. The molecule has 0 fully saturated rings. The van der Waals surface area contributed by atoms with E-state index in [0.717, 1.165) is 22.4 Å². The van der Waals surface area contributed by atoms with Crippen LogP contribution in [0.2, 0.25) is 0 Å². The molecule has 0 bridgehead atoms. The lowest BCUT2D eigenvalue weighted by Gasteiger charge is -2.30. The normalized spacial score (nSPS) is 14.2. The predicted molar refractivity (Wildman–Crippen MR) is 150 cm³/mol. The van der Waals surface area contributed by atoms with E-state index < -0.39 is 5.60 Å². The average molecular weight is 481 g/mol. The average Bonchev–Trinajstić information content (AvgIpc) is 3.40. The Morgan fingerprint density at radius 2 is 1.08 bits per heavy atom. The molecule has 2 heteroatoms. The molecule has 37 heavy (non-hydrogen) atoms. The fourth-order valence-electron chi connectivity index (χ4n) is 6.76. The first-order valence-corrected chi connectivity index (χ1v) is 12.8. The summed E-state index contributed by atoms with van der Waals surface area (Å²) in [7, 11) is 1.67. The number of benzene rings is 5. The van der Waals surface area contributed by atoms with Gasteiger partial charge in [0.25, 0.3) is 0 Å². The molecule has 0 saturated heterocycles. The van der Waals surface area contributed by atoms with E-state index in [1.807, 2.05) is 26.0 Å². The fraction of sp³-hybridized carbons (Fsp3) is 0.143. The Bertz CT molecular complexity index is 1660. The van der Waals surface area contributed by atoms with Crippen LogP contribution in [0.15, 0.2) is 109 Å². The van der Waals surface area contributed by atoms with Gasteiger partial charge in [-0.2, -0.15) is 0 Å². The lowest BCUT2D eigenvalue weighted by molar-refractivity contribution is 0.0789. The maximum absolute atomic E-state index is 11.2. The highest BCUT2D eigenvalue weighted by molar-refractivity contribution is 6.00. The summed E-state index contributed by atoms with van der Waals surface area (Å²) in [5, 5.41) is 11.2. The van der Waals surface area contributed by atoms with Gasteiger partial charge in [0.05, 0.1) is 18.1 Å². The zero-order valence-electron chi connectivity index (χ0n) is 21.2. The number of methoxy groups -OCH3 is 1. The van der Waals surface area contributed by atoms with Crippen molar-refractivity contribution in [2.45, 2.75) is 24.9 Å². The molecule has 7 rings (SSSR count). The molecule has 0 saturated carbocycles. The second kappa shape index (κ2) is 7.68. The smallest absolute Gasteiger partial charge is 0.119 e. The Labute approximate surface area is 217 Å². The fourth-order valence-corrected chi connectivity index (χ4v) is 6.76. The van der Waals surface area contributed by atoms with Crippen LogP contribution in [0.5, 0.6) is 5.75 Å². The molecule has 0 atom stereocenters. The molecule has 0 aliphatic heterocycles. The van der Waals surface area contributed by atoms with E-state index in [4.69, 9.17) is 4.74 Å². The van der Waals surface area contributed by atoms with Gasteiger partial charge in [0, 0.05) is 0 Å². The van der Waals surface area contributed by atoms with E-state index >= 15 is 0 Å². The van der Waals surface area contributed by atoms with Crippen LogP contribution in [-0.2, 0) is 11.0 Å². The van der Waals surface area contributed by atoms with Crippen molar-refractivity contribution in [1.29, 1.82) is 0 Å². The second-order valence-corrected chi connectivity index (χ2v) is 10.6. The molecular formula is C35H28O2. The van der Waals surface area contributed by atoms with E-state index in [0.29, 0.717) is 0 Å². The SMILES string of the molecule is COc1ccc(-c2cccc3c2-c2ccccc2C32c3ccccc3-c3ccccc32)c(C(C)(C)O)c1. The van der Waals surface area contributed by atoms with Crippen molar-refractivity contribution in [3.63, 3.8) is 0 Å². The quantitative estimate of drug-likeness (QED) is 0.278. The summed E-state index contributed by atoms with van der Waals surface area (Å²) in [6.07, 6.45) is 0. The summed E-state index contributed by atoms with van der Waals surface area (Å²) in [5.41, 5.74) is 11.9. The van der Waals surface area contributed by atoms with E-state index in [1.54, 1.807) is 7.11 Å². The van der Waals surface area contributed by atoms with Crippen LogP contribution < -0.4 is 4.74 Å². The molecular weight excluding hydrogens is 452 g/mol. The van der Waals surface area contributed by atoms with Crippen LogP contribution in [0, 0.1) is 0 Å². The number of ether oxygens (including phenoxy) is 1. The monoisotopic (exact) mass is 480 g/mol. The minimum Gasteiger partial charge on any atom is -0.497 e. The van der Waals surface area contributed by atoms with Gasteiger partial charge in [-0.25, -0.2) is 0 Å². The number of hydrogen-bond donors (Lipinski definition) is 1. The molecule has 1 N–H and O–H groups in total. The summed E-state index contributed by atoms with van der Waals surface area (Å²) < 4.78 is 5.53. The van der Waals surface area contributed by atoms with Gasteiger partial charge in [-0.3, -0.25) is 0 Å². The largest absolute Gasteiger partial charge is 0.497 e. The molecule has 0 aromatic heterocycles. The van der Waals surface area contributed by atoms with Crippen LogP contribution in [0.25, 0.3) is 33.4 Å². The predicted octanol–water partition coefficient (Wildman–Crippen LogP) is 7.93. The van der Waals surface area contributed by atoms with Crippen LogP contribution in [-0.4, -0.2) is 12.2 Å². The standard InChI is InChI=1S/C35H28O2/c1-34(2,36)32-21-22(37-3)19-20-25(32)26-14-10-18-31-33(26)27-13-6-9-17-30(27)35(31)28-15-7-4-11-23(28)24-12-5-8-16-29(24)35/h4-21,36H,1-3H3. The van der Waals surface area contributed by atoms with E-state index in [1.165, 1.54) is 44.5 Å². The highest BCUT2D eigenvalue weighted by Crippen LogP contribution is 2.64. The summed E-state index contributed by atoms with van der Waals surface area (Å²) in [6, 6.07) is 39.2. The maximum Gasteiger partial charge on any atom is 0.119 e. The lowest BCUT2D eigenvalue weighted by Crippen LogP contribution is -2.25. The number of fused-ring (bicyclic) bond motifs is 10. The molecule has 0 radical (unpaired) electrons. The summed E-state index contributed by atoms with van der Waals surface area (Å²) in [4.78, 5) is 0. The number of hydrogen-bond acceptors (Lipinski definition) is 2. The Balaban J connectivity index is 1.62. The molecule has 2 aliphatic carbocycles. The van der Waals surface area contributed by atoms with Gasteiger partial charge in [0.15, 0.2) is 0 Å². The number of aliphatic hydroxyl groups is 1. The van der Waals surface area contributed by atoms with Crippen molar-refractivity contribution in [2.24, 2.45) is 0 Å². The molecule has 2 aliphatic rings. The van der Waals surface area contributed by atoms with Gasteiger partial charge >= 0.3 is 0 Å². The molecule has 5 aromatic rings. The highest BCUT2D eigenvalue weighted by atomic mass is 16.5. The summed E-state index contributed by atoms with van der Waals surface area (Å²) >= 11 is 0. The van der Waals surface area contributed by atoms with Crippen molar-refractivity contribution in [3.05, 3.63) is 137 Å². The summed E-state index contributed by atoms with van der Waals surface area (Å²) in [6.45, 7) is 3.68. The summed E-state index contributed by atoms with van der Waals surface area (Å²) in [5.74, 6) is 0.740. The Morgan fingerprint density at radius 3 is 1.68 bits per heavy atom. The second-order valence-electron chi connectivity index (χ2n) is 10.6. The van der Waals surface area contributed by atoms with Crippen molar-refractivity contribution < 1.29 is 9.84 Å². The topological polar surface area (TPSA) is 29.5 Å². The van der Waals surface area contributed by atoms with Crippen LogP contribution >= 0.6 is 0 Å². The third-order valence-electron chi connectivity index (χ3n) is 8.20. The third-order valence-corrected chi connectivity index (χ3v) is 8.20. The first kappa shape index (κ1) is 22.1. The van der Waals surface area contributed by atoms with E-state index in [9.17, 15) is 5.11 Å². The lowest BCUT2D eigenvalue weighted by atomic mass is 9.70. The Hall–Kier alpha value is -4.14. The van der Waals surface area contributed by atoms with Crippen LogP contribution in [0.1, 0.15) is 41.7 Å². The van der Waals surface area contributed by atoms with Gasteiger partial charge in [-0.1, -0.05) is 97.1 Å². The zero-order valence-corrected chi connectivity index (χ0v) is 21.2. The third kappa shape index (κ3) is 2.85. The molecule has 180 valence electrons. The first-order valence-electron chi connectivity index (χ1n) is 12.8. The van der Waals surface area contributed by atoms with Gasteiger partial charge in [0.1, 0.15) is 5.75 Å². The van der Waals surface area contributed by atoms with Crippen LogP contribution in [0.4, 0.5) is 0 Å². The molecule has 1 spiro atoms. The highest BCUT2D eigenvalue weighted by Gasteiger charge is 2.52. The van der Waals surface area contributed by atoms with E-state index in [2.05, 4.69) is 97.1 Å². The molecule has 0 heterocycles. The molecule has 5 aromatic carbocycles. The van der Waals surface area contributed by atoms with E-state index in [-0.39, 0.29) is 5.41 Å². The van der Waals surface area contributed by atoms with Gasteiger partial charge in [-0.05, 0) is 87.2 Å². The zero-order chi connectivity index (χ0) is 25.4. The molecule has 0 unspecified atom stereocenters.